The Labute approximate surface area is 225 Å². The van der Waals surface area contributed by atoms with Gasteiger partial charge in [0.25, 0.3) is 0 Å². The summed E-state index contributed by atoms with van der Waals surface area (Å²) in [5.74, 6) is -0.389. The number of amides is 3. The number of nitrogens with zero attached hydrogens (tertiary/aromatic N) is 1. The first-order valence-corrected chi connectivity index (χ1v) is 13.8. The van der Waals surface area contributed by atoms with E-state index in [0.717, 1.165) is 36.8 Å². The second-order valence-corrected chi connectivity index (χ2v) is 12.2. The molecule has 2 atom stereocenters. The topological polar surface area (TPSA) is 87.7 Å². The van der Waals surface area contributed by atoms with E-state index in [1.54, 1.807) is 25.7 Å². The molecule has 0 saturated heterocycles. The summed E-state index contributed by atoms with van der Waals surface area (Å²) in [6.07, 6.45) is 3.61. The summed E-state index contributed by atoms with van der Waals surface area (Å²) in [5, 5.41) is 5.86. The smallest absolute Gasteiger partial charge is 0.408 e. The van der Waals surface area contributed by atoms with Crippen LogP contribution in [0.4, 0.5) is 4.79 Å². The number of ether oxygens (including phenoxy) is 1. The van der Waals surface area contributed by atoms with Gasteiger partial charge in [-0.1, -0.05) is 64.8 Å². The van der Waals surface area contributed by atoms with Gasteiger partial charge in [-0.05, 0) is 77.8 Å². The zero-order chi connectivity index (χ0) is 28.4. The third-order valence-corrected chi connectivity index (χ3v) is 5.95. The number of carbonyl (C=O) groups excluding carboxylic acids is 3. The Morgan fingerprint density at radius 3 is 2.00 bits per heavy atom. The highest BCUT2D eigenvalue weighted by atomic mass is 16.6. The first-order valence-electron chi connectivity index (χ1n) is 13.8. The van der Waals surface area contributed by atoms with Gasteiger partial charge >= 0.3 is 6.09 Å². The molecule has 0 heterocycles. The first kappa shape index (κ1) is 32.5. The molecule has 0 bridgehead atoms. The number of alkyl carbamates (subject to hydrolysis) is 1. The van der Waals surface area contributed by atoms with Gasteiger partial charge in [-0.25, -0.2) is 4.79 Å². The van der Waals surface area contributed by atoms with Crippen LogP contribution >= 0.6 is 0 Å². The lowest BCUT2D eigenvalue weighted by Crippen LogP contribution is -2.58. The van der Waals surface area contributed by atoms with Crippen molar-refractivity contribution in [2.75, 3.05) is 6.54 Å². The van der Waals surface area contributed by atoms with Crippen LogP contribution in [0.1, 0.15) is 112 Å². The molecule has 37 heavy (non-hydrogen) atoms. The normalized spacial score (nSPS) is 13.6. The van der Waals surface area contributed by atoms with E-state index in [-0.39, 0.29) is 17.7 Å². The van der Waals surface area contributed by atoms with Crippen molar-refractivity contribution in [2.24, 2.45) is 5.92 Å². The van der Waals surface area contributed by atoms with Gasteiger partial charge in [-0.15, -0.1) is 0 Å². The van der Waals surface area contributed by atoms with Gasteiger partial charge in [0.2, 0.25) is 11.8 Å². The predicted octanol–water partition coefficient (Wildman–Crippen LogP) is 6.16. The summed E-state index contributed by atoms with van der Waals surface area (Å²) in [7, 11) is 0. The number of unbranched alkanes of at least 4 members (excludes halogenated alkanes) is 2. The lowest BCUT2D eigenvalue weighted by Gasteiger charge is -2.43. The van der Waals surface area contributed by atoms with E-state index in [4.69, 9.17) is 4.74 Å². The van der Waals surface area contributed by atoms with Crippen molar-refractivity contribution in [3.05, 3.63) is 35.4 Å². The quantitative estimate of drug-likeness (QED) is 0.325. The van der Waals surface area contributed by atoms with Gasteiger partial charge in [0.15, 0.2) is 0 Å². The third-order valence-electron chi connectivity index (χ3n) is 5.95. The molecule has 1 aromatic carbocycles. The summed E-state index contributed by atoms with van der Waals surface area (Å²) in [6.45, 7) is 19.9. The number of benzene rings is 1. The van der Waals surface area contributed by atoms with Crippen LogP contribution in [-0.2, 0) is 20.7 Å². The average Bonchev–Trinajstić information content (AvgIpc) is 2.77. The van der Waals surface area contributed by atoms with E-state index in [2.05, 4.69) is 24.5 Å². The highest BCUT2D eigenvalue weighted by molar-refractivity contribution is 5.92. The first-order chi connectivity index (χ1) is 17.1. The van der Waals surface area contributed by atoms with Crippen LogP contribution in [0.15, 0.2) is 24.3 Å². The predicted molar refractivity (Wildman–Crippen MR) is 150 cm³/mol. The zero-order valence-electron chi connectivity index (χ0n) is 24.9. The van der Waals surface area contributed by atoms with Crippen molar-refractivity contribution >= 4 is 17.9 Å². The number of rotatable bonds is 12. The van der Waals surface area contributed by atoms with Crippen LogP contribution in [0, 0.1) is 5.92 Å². The average molecular weight is 518 g/mol. The summed E-state index contributed by atoms with van der Waals surface area (Å²) < 4.78 is 5.46. The number of carbonyl (C=O) groups is 3. The second-order valence-electron chi connectivity index (χ2n) is 12.2. The second kappa shape index (κ2) is 14.4. The van der Waals surface area contributed by atoms with Crippen LogP contribution in [0.3, 0.4) is 0 Å². The highest BCUT2D eigenvalue weighted by Crippen LogP contribution is 2.31. The summed E-state index contributed by atoms with van der Waals surface area (Å²) in [5.41, 5.74) is 0.510. The maximum Gasteiger partial charge on any atom is 0.408 e. The van der Waals surface area contributed by atoms with E-state index in [0.29, 0.717) is 13.0 Å². The minimum atomic E-state index is -0.838. The maximum atomic E-state index is 14.2. The van der Waals surface area contributed by atoms with Gasteiger partial charge < -0.3 is 20.3 Å². The van der Waals surface area contributed by atoms with E-state index < -0.39 is 29.3 Å². The number of hydrogen-bond donors (Lipinski definition) is 2. The number of hydrogen-bond acceptors (Lipinski definition) is 4. The van der Waals surface area contributed by atoms with Gasteiger partial charge in [0.1, 0.15) is 17.7 Å². The van der Waals surface area contributed by atoms with E-state index in [1.165, 1.54) is 0 Å². The van der Waals surface area contributed by atoms with Gasteiger partial charge in [-0.3, -0.25) is 9.59 Å². The fourth-order valence-corrected chi connectivity index (χ4v) is 4.19. The standard InChI is InChI=1S/C30H51N3O4/c1-11-13-14-19-31-26(34)25(23-17-15-22(12-2)16-18-23)33(29(5,6)7)27(35)24(20-21(3)4)32-28(36)37-30(8,9)10/h15-18,21,24-25H,11-14,19-20H2,1-10H3,(H,31,34)(H,32,36). The number of aryl methyl sites for hydroxylation is 1. The maximum absolute atomic E-state index is 14.2. The molecule has 0 radical (unpaired) electrons. The van der Waals surface area contributed by atoms with Crippen LogP contribution < -0.4 is 10.6 Å². The number of nitrogens with one attached hydrogen (secondary N) is 2. The molecule has 2 N–H and O–H groups in total. The van der Waals surface area contributed by atoms with Crippen molar-refractivity contribution in [1.29, 1.82) is 0 Å². The van der Waals surface area contributed by atoms with Crippen molar-refractivity contribution in [1.82, 2.24) is 15.5 Å². The summed E-state index contributed by atoms with van der Waals surface area (Å²) in [4.78, 5) is 42.2. The molecule has 210 valence electrons. The minimum Gasteiger partial charge on any atom is -0.444 e. The molecule has 0 aliphatic carbocycles. The molecular formula is C30H51N3O4. The summed E-state index contributed by atoms with van der Waals surface area (Å²) in [6, 6.07) is 6.19. The lowest BCUT2D eigenvalue weighted by atomic mass is 9.93. The molecule has 7 heteroatoms. The molecule has 1 rings (SSSR count). The van der Waals surface area contributed by atoms with E-state index >= 15 is 0 Å². The SMILES string of the molecule is CCCCCNC(=O)C(c1ccc(CC)cc1)N(C(=O)C(CC(C)C)NC(=O)OC(C)(C)C)C(C)(C)C. The Morgan fingerprint density at radius 2 is 1.54 bits per heavy atom. The molecule has 2 unspecified atom stereocenters. The van der Waals surface area contributed by atoms with Crippen LogP contribution in [0.5, 0.6) is 0 Å². The fraction of sp³-hybridized carbons (Fsp3) is 0.700. The molecule has 7 nitrogen and oxygen atoms in total. The minimum absolute atomic E-state index is 0.135. The zero-order valence-corrected chi connectivity index (χ0v) is 24.9. The van der Waals surface area contributed by atoms with E-state index in [9.17, 15) is 14.4 Å². The van der Waals surface area contributed by atoms with Crippen molar-refractivity contribution in [2.45, 2.75) is 125 Å². The monoisotopic (exact) mass is 517 g/mol. The molecule has 0 aliphatic heterocycles. The molecule has 0 spiro atoms. The Kier molecular flexibility index (Phi) is 12.6. The molecular weight excluding hydrogens is 466 g/mol. The molecule has 0 aromatic heterocycles. The fourth-order valence-electron chi connectivity index (χ4n) is 4.19. The molecule has 3 amide bonds. The van der Waals surface area contributed by atoms with Crippen LogP contribution in [0.2, 0.25) is 0 Å². The largest absolute Gasteiger partial charge is 0.444 e. The molecule has 0 fully saturated rings. The highest BCUT2D eigenvalue weighted by Gasteiger charge is 2.42. The van der Waals surface area contributed by atoms with Gasteiger partial charge in [0, 0.05) is 12.1 Å². The van der Waals surface area contributed by atoms with Crippen molar-refractivity contribution in [3.63, 3.8) is 0 Å². The molecule has 0 saturated carbocycles. The van der Waals surface area contributed by atoms with Gasteiger partial charge in [0.05, 0.1) is 0 Å². The van der Waals surface area contributed by atoms with Crippen molar-refractivity contribution < 1.29 is 19.1 Å². The Morgan fingerprint density at radius 1 is 0.946 bits per heavy atom. The molecule has 1 aromatic rings. The Bertz CT molecular complexity index is 866. The Balaban J connectivity index is 3.50. The molecule has 0 aliphatic rings. The van der Waals surface area contributed by atoms with Gasteiger partial charge in [-0.2, -0.15) is 0 Å². The van der Waals surface area contributed by atoms with Crippen LogP contribution in [-0.4, -0.2) is 46.5 Å². The van der Waals surface area contributed by atoms with E-state index in [1.807, 2.05) is 58.9 Å². The lowest BCUT2D eigenvalue weighted by molar-refractivity contribution is -0.148. The summed E-state index contributed by atoms with van der Waals surface area (Å²) >= 11 is 0. The van der Waals surface area contributed by atoms with Crippen molar-refractivity contribution in [3.8, 4) is 0 Å². The van der Waals surface area contributed by atoms with Crippen LogP contribution in [0.25, 0.3) is 0 Å². The Hall–Kier alpha value is -2.57. The third kappa shape index (κ3) is 11.1.